The second-order valence-electron chi connectivity index (χ2n) is 5.15. The predicted octanol–water partition coefficient (Wildman–Crippen LogP) is 3.92. The molecule has 10 heteroatoms. The Morgan fingerprint density at radius 1 is 1.08 bits per heavy atom. The van der Waals surface area contributed by atoms with Gasteiger partial charge in [-0.05, 0) is 36.4 Å². The van der Waals surface area contributed by atoms with E-state index in [1.54, 1.807) is 42.5 Å². The molecule has 128 valence electrons. The molecule has 8 nitrogen and oxygen atoms in total. The third-order valence-corrected chi connectivity index (χ3v) is 4.78. The predicted molar refractivity (Wildman–Crippen MR) is 96.7 cm³/mol. The number of rotatable bonds is 4. The van der Waals surface area contributed by atoms with Crippen LogP contribution in [0.25, 0.3) is 16.9 Å². The number of nitro groups is 1. The molecule has 0 saturated heterocycles. The van der Waals surface area contributed by atoms with Crippen LogP contribution in [0.4, 0.5) is 5.69 Å². The maximum absolute atomic E-state index is 11.7. The Balaban J connectivity index is 1.86. The summed E-state index contributed by atoms with van der Waals surface area (Å²) in [7, 11) is 0. The van der Waals surface area contributed by atoms with Crippen LogP contribution in [0.3, 0.4) is 0 Å². The molecule has 0 saturated carbocycles. The summed E-state index contributed by atoms with van der Waals surface area (Å²) in [5, 5.41) is 20.6. The van der Waals surface area contributed by atoms with Crippen LogP contribution in [0.5, 0.6) is 0 Å². The summed E-state index contributed by atoms with van der Waals surface area (Å²) in [5.41, 5.74) is 1.01. The van der Waals surface area contributed by atoms with E-state index in [2.05, 4.69) is 20.3 Å². The number of hydrogen-bond donors (Lipinski definition) is 0. The standard InChI is InChI=1S/C16H9ClN6O2S/c17-10-5-7-11(8-6-10)26-16-14(23(24)25)15(18-9-19-16)22-13-4-2-1-3-12(13)20-21-22/h1-9H. The lowest BCUT2D eigenvalue weighted by molar-refractivity contribution is -0.388. The molecule has 2 aromatic heterocycles. The van der Waals surface area contributed by atoms with E-state index in [0.29, 0.717) is 16.1 Å². The van der Waals surface area contributed by atoms with E-state index in [4.69, 9.17) is 11.6 Å². The van der Waals surface area contributed by atoms with E-state index in [1.165, 1.54) is 11.0 Å². The third kappa shape index (κ3) is 2.98. The average molecular weight is 385 g/mol. The van der Waals surface area contributed by atoms with Crippen molar-refractivity contribution in [1.82, 2.24) is 25.0 Å². The molecule has 4 rings (SSSR count). The normalized spacial score (nSPS) is 11.0. The second kappa shape index (κ2) is 6.70. The Hall–Kier alpha value is -3.04. The Bertz CT molecular complexity index is 1120. The van der Waals surface area contributed by atoms with Crippen molar-refractivity contribution >= 4 is 40.1 Å². The van der Waals surface area contributed by atoms with Crippen LogP contribution in [-0.2, 0) is 0 Å². The Morgan fingerprint density at radius 2 is 1.85 bits per heavy atom. The first-order valence-corrected chi connectivity index (χ1v) is 8.56. The molecule has 2 heterocycles. The molecule has 0 atom stereocenters. The van der Waals surface area contributed by atoms with Crippen LogP contribution < -0.4 is 0 Å². The summed E-state index contributed by atoms with van der Waals surface area (Å²) < 4.78 is 1.35. The van der Waals surface area contributed by atoms with Crippen molar-refractivity contribution in [3.63, 3.8) is 0 Å². The molecule has 0 aliphatic heterocycles. The summed E-state index contributed by atoms with van der Waals surface area (Å²) in [6, 6.07) is 14.1. The monoisotopic (exact) mass is 384 g/mol. The highest BCUT2D eigenvalue weighted by Gasteiger charge is 2.26. The maximum Gasteiger partial charge on any atom is 0.346 e. The van der Waals surface area contributed by atoms with Crippen LogP contribution in [-0.4, -0.2) is 29.9 Å². The van der Waals surface area contributed by atoms with Gasteiger partial charge in [-0.25, -0.2) is 9.97 Å². The molecule has 0 N–H and O–H groups in total. The van der Waals surface area contributed by atoms with Gasteiger partial charge in [0.05, 0.1) is 10.4 Å². The molecule has 0 spiro atoms. The first-order chi connectivity index (χ1) is 12.6. The van der Waals surface area contributed by atoms with Gasteiger partial charge in [-0.1, -0.05) is 40.7 Å². The van der Waals surface area contributed by atoms with Gasteiger partial charge >= 0.3 is 5.69 Å². The number of nitrogens with zero attached hydrogens (tertiary/aromatic N) is 6. The lowest BCUT2D eigenvalue weighted by Gasteiger charge is -2.06. The van der Waals surface area contributed by atoms with E-state index in [0.717, 1.165) is 16.7 Å². The minimum Gasteiger partial charge on any atom is -0.258 e. The fraction of sp³-hybridized carbons (Fsp3) is 0. The molecule has 0 fully saturated rings. The zero-order valence-electron chi connectivity index (χ0n) is 13.0. The molecule has 0 amide bonds. The van der Waals surface area contributed by atoms with Crippen molar-refractivity contribution < 1.29 is 4.92 Å². The summed E-state index contributed by atoms with van der Waals surface area (Å²) in [5.74, 6) is 0.0650. The lowest BCUT2D eigenvalue weighted by atomic mass is 10.3. The topological polar surface area (TPSA) is 99.6 Å². The minimum atomic E-state index is -0.510. The van der Waals surface area contributed by atoms with Crippen molar-refractivity contribution in [3.05, 3.63) is 70.0 Å². The van der Waals surface area contributed by atoms with E-state index in [9.17, 15) is 10.1 Å². The number of para-hydroxylation sites is 1. The number of fused-ring (bicyclic) bond motifs is 1. The van der Waals surface area contributed by atoms with Crippen molar-refractivity contribution in [2.45, 2.75) is 9.92 Å². The van der Waals surface area contributed by atoms with Gasteiger partial charge < -0.3 is 0 Å². The van der Waals surface area contributed by atoms with Crippen molar-refractivity contribution in [2.24, 2.45) is 0 Å². The molecular formula is C16H9ClN6O2S. The van der Waals surface area contributed by atoms with Crippen molar-refractivity contribution in [2.75, 3.05) is 0 Å². The quantitative estimate of drug-likeness (QED) is 0.298. The summed E-state index contributed by atoms with van der Waals surface area (Å²) in [6.07, 6.45) is 1.27. The minimum absolute atomic E-state index is 0.0650. The van der Waals surface area contributed by atoms with Crippen LogP contribution in [0.2, 0.25) is 5.02 Å². The largest absolute Gasteiger partial charge is 0.346 e. The van der Waals surface area contributed by atoms with Crippen molar-refractivity contribution in [3.8, 4) is 5.82 Å². The summed E-state index contributed by atoms with van der Waals surface area (Å²) in [4.78, 5) is 20.2. The van der Waals surface area contributed by atoms with Gasteiger partial charge in [-0.3, -0.25) is 10.1 Å². The van der Waals surface area contributed by atoms with Crippen LogP contribution >= 0.6 is 23.4 Å². The highest BCUT2D eigenvalue weighted by Crippen LogP contribution is 2.36. The Kier molecular flexibility index (Phi) is 4.23. The first kappa shape index (κ1) is 16.4. The van der Waals surface area contributed by atoms with E-state index in [1.807, 2.05) is 6.07 Å². The number of aromatic nitrogens is 5. The van der Waals surface area contributed by atoms with Crippen LogP contribution in [0, 0.1) is 10.1 Å². The highest BCUT2D eigenvalue weighted by molar-refractivity contribution is 7.99. The molecule has 0 bridgehead atoms. The van der Waals surface area contributed by atoms with Crippen LogP contribution in [0.15, 0.2) is 64.8 Å². The van der Waals surface area contributed by atoms with Gasteiger partial charge in [0, 0.05) is 9.92 Å². The zero-order valence-corrected chi connectivity index (χ0v) is 14.6. The smallest absolute Gasteiger partial charge is 0.258 e. The first-order valence-electron chi connectivity index (χ1n) is 7.37. The SMILES string of the molecule is O=[N+]([O-])c1c(Sc2ccc(Cl)cc2)ncnc1-n1nnc2ccccc21. The fourth-order valence-corrected chi connectivity index (χ4v) is 3.37. The molecule has 0 unspecified atom stereocenters. The molecule has 4 aromatic rings. The molecular weight excluding hydrogens is 376 g/mol. The van der Waals surface area contributed by atoms with Gasteiger partial charge in [-0.2, -0.15) is 4.68 Å². The number of halogens is 1. The van der Waals surface area contributed by atoms with Gasteiger partial charge in [0.25, 0.3) is 0 Å². The fourth-order valence-electron chi connectivity index (χ4n) is 2.38. The number of benzene rings is 2. The van der Waals surface area contributed by atoms with E-state index in [-0.39, 0.29) is 16.5 Å². The van der Waals surface area contributed by atoms with Crippen LogP contribution in [0.1, 0.15) is 0 Å². The Labute approximate surface area is 156 Å². The lowest BCUT2D eigenvalue weighted by Crippen LogP contribution is -2.07. The zero-order chi connectivity index (χ0) is 18.1. The molecule has 0 radical (unpaired) electrons. The Morgan fingerprint density at radius 3 is 2.62 bits per heavy atom. The van der Waals surface area contributed by atoms with E-state index < -0.39 is 4.92 Å². The van der Waals surface area contributed by atoms with Gasteiger partial charge in [0.2, 0.25) is 5.82 Å². The second-order valence-corrected chi connectivity index (χ2v) is 6.65. The maximum atomic E-state index is 11.7. The van der Waals surface area contributed by atoms with E-state index >= 15 is 0 Å². The highest BCUT2D eigenvalue weighted by atomic mass is 35.5. The number of hydrogen-bond acceptors (Lipinski definition) is 7. The molecule has 0 aliphatic carbocycles. The average Bonchev–Trinajstić information content (AvgIpc) is 3.07. The van der Waals surface area contributed by atoms with Gasteiger partial charge in [0.1, 0.15) is 11.8 Å². The van der Waals surface area contributed by atoms with Crippen molar-refractivity contribution in [1.29, 1.82) is 0 Å². The summed E-state index contributed by atoms with van der Waals surface area (Å²) in [6.45, 7) is 0. The molecule has 0 aliphatic rings. The van der Waals surface area contributed by atoms with Gasteiger partial charge in [0.15, 0.2) is 5.03 Å². The molecule has 26 heavy (non-hydrogen) atoms. The third-order valence-electron chi connectivity index (χ3n) is 3.53. The molecule has 2 aromatic carbocycles. The summed E-state index contributed by atoms with van der Waals surface area (Å²) >= 11 is 7.04. The van der Waals surface area contributed by atoms with Gasteiger partial charge in [-0.15, -0.1) is 5.10 Å².